The zero-order valence-corrected chi connectivity index (χ0v) is 10.6. The standard InChI is InChI=1S/C11H17NO3S/c1-11(2,10(13)14)8-7-16-9(12-8)5-4-6-15-3/h7H,4-6H2,1-3H3,(H,13,14). The number of carboxylic acids is 1. The van der Waals surface area contributed by atoms with E-state index in [-0.39, 0.29) is 0 Å². The lowest BCUT2D eigenvalue weighted by atomic mass is 9.90. The molecule has 0 spiro atoms. The van der Waals surface area contributed by atoms with Crippen LogP contribution in [0.1, 0.15) is 31.0 Å². The Labute approximate surface area is 99.3 Å². The van der Waals surface area contributed by atoms with Crippen molar-refractivity contribution in [1.82, 2.24) is 4.98 Å². The highest BCUT2D eigenvalue weighted by molar-refractivity contribution is 7.09. The highest BCUT2D eigenvalue weighted by Crippen LogP contribution is 2.25. The monoisotopic (exact) mass is 243 g/mol. The molecule has 1 rings (SSSR count). The lowest BCUT2D eigenvalue weighted by Crippen LogP contribution is -2.28. The van der Waals surface area contributed by atoms with Gasteiger partial charge >= 0.3 is 5.97 Å². The quantitative estimate of drug-likeness (QED) is 0.777. The van der Waals surface area contributed by atoms with Crippen molar-refractivity contribution in [2.45, 2.75) is 32.1 Å². The van der Waals surface area contributed by atoms with E-state index in [1.165, 1.54) is 11.3 Å². The van der Waals surface area contributed by atoms with E-state index in [4.69, 9.17) is 9.84 Å². The van der Waals surface area contributed by atoms with E-state index in [1.54, 1.807) is 21.0 Å². The molecule has 1 aromatic heterocycles. The molecule has 4 nitrogen and oxygen atoms in total. The molecule has 0 amide bonds. The minimum atomic E-state index is -0.907. The van der Waals surface area contributed by atoms with E-state index < -0.39 is 11.4 Å². The van der Waals surface area contributed by atoms with Crippen molar-refractivity contribution >= 4 is 17.3 Å². The van der Waals surface area contributed by atoms with E-state index in [1.807, 2.05) is 5.38 Å². The van der Waals surface area contributed by atoms with E-state index in [2.05, 4.69) is 4.98 Å². The average molecular weight is 243 g/mol. The van der Waals surface area contributed by atoms with Gasteiger partial charge in [-0.25, -0.2) is 4.98 Å². The molecular formula is C11H17NO3S. The van der Waals surface area contributed by atoms with Gasteiger partial charge in [0.05, 0.1) is 10.7 Å². The summed E-state index contributed by atoms with van der Waals surface area (Å²) in [5.74, 6) is -0.846. The fourth-order valence-corrected chi connectivity index (χ4v) is 2.20. The Bertz CT molecular complexity index is 360. The maximum absolute atomic E-state index is 11.0. The van der Waals surface area contributed by atoms with Gasteiger partial charge in [0.25, 0.3) is 0 Å². The molecule has 1 aromatic rings. The van der Waals surface area contributed by atoms with Gasteiger partial charge in [-0.3, -0.25) is 4.79 Å². The Hall–Kier alpha value is -0.940. The van der Waals surface area contributed by atoms with Crippen LogP contribution in [0.25, 0.3) is 0 Å². The summed E-state index contributed by atoms with van der Waals surface area (Å²) in [6.45, 7) is 4.05. The van der Waals surface area contributed by atoms with Gasteiger partial charge in [-0.05, 0) is 20.3 Å². The van der Waals surface area contributed by atoms with Crippen LogP contribution in [0.4, 0.5) is 0 Å². The van der Waals surface area contributed by atoms with E-state index in [0.29, 0.717) is 12.3 Å². The fraction of sp³-hybridized carbons (Fsp3) is 0.636. The first kappa shape index (κ1) is 13.1. The Morgan fingerprint density at radius 2 is 2.31 bits per heavy atom. The van der Waals surface area contributed by atoms with Crippen molar-refractivity contribution in [3.05, 3.63) is 16.1 Å². The number of hydrogen-bond donors (Lipinski definition) is 1. The molecule has 0 unspecified atom stereocenters. The molecule has 16 heavy (non-hydrogen) atoms. The van der Waals surface area contributed by atoms with E-state index in [9.17, 15) is 4.79 Å². The SMILES string of the molecule is COCCCc1nc(C(C)(C)C(=O)O)cs1. The largest absolute Gasteiger partial charge is 0.481 e. The molecule has 90 valence electrons. The third kappa shape index (κ3) is 3.02. The maximum atomic E-state index is 11.0. The van der Waals surface area contributed by atoms with Crippen LogP contribution in [0.15, 0.2) is 5.38 Å². The lowest BCUT2D eigenvalue weighted by molar-refractivity contribution is -0.142. The highest BCUT2D eigenvalue weighted by Gasteiger charge is 2.31. The van der Waals surface area contributed by atoms with Crippen LogP contribution in [-0.2, 0) is 21.4 Å². The molecule has 0 aliphatic carbocycles. The molecule has 0 fully saturated rings. The molecular weight excluding hydrogens is 226 g/mol. The van der Waals surface area contributed by atoms with Crippen LogP contribution in [0.2, 0.25) is 0 Å². The molecule has 0 aliphatic heterocycles. The summed E-state index contributed by atoms with van der Waals surface area (Å²) in [5, 5.41) is 11.9. The fourth-order valence-electron chi connectivity index (χ4n) is 1.19. The summed E-state index contributed by atoms with van der Waals surface area (Å²) in [7, 11) is 1.67. The second kappa shape index (κ2) is 5.41. The molecule has 1 heterocycles. The van der Waals surface area contributed by atoms with Gasteiger partial charge in [0.1, 0.15) is 5.41 Å². The topological polar surface area (TPSA) is 59.4 Å². The van der Waals surface area contributed by atoms with Crippen molar-refractivity contribution in [3.8, 4) is 0 Å². The second-order valence-corrected chi connectivity index (χ2v) is 5.10. The number of rotatable bonds is 6. The number of carbonyl (C=O) groups is 1. The van der Waals surface area contributed by atoms with Crippen molar-refractivity contribution in [3.63, 3.8) is 0 Å². The zero-order valence-electron chi connectivity index (χ0n) is 9.82. The summed E-state index contributed by atoms with van der Waals surface area (Å²) >= 11 is 1.51. The Morgan fingerprint density at radius 3 is 2.88 bits per heavy atom. The summed E-state index contributed by atoms with van der Waals surface area (Å²) in [6.07, 6.45) is 1.76. The lowest BCUT2D eigenvalue weighted by Gasteiger charge is -2.15. The molecule has 1 N–H and O–H groups in total. The molecule has 0 radical (unpaired) electrons. The molecule has 0 bridgehead atoms. The van der Waals surface area contributed by atoms with Gasteiger partial charge in [0.2, 0.25) is 0 Å². The first-order valence-electron chi connectivity index (χ1n) is 5.15. The number of aromatic nitrogens is 1. The number of nitrogens with zero attached hydrogens (tertiary/aromatic N) is 1. The third-order valence-electron chi connectivity index (χ3n) is 2.47. The van der Waals surface area contributed by atoms with Gasteiger partial charge in [-0.15, -0.1) is 11.3 Å². The number of hydrogen-bond acceptors (Lipinski definition) is 4. The van der Waals surface area contributed by atoms with Crippen molar-refractivity contribution in [2.24, 2.45) is 0 Å². The van der Waals surface area contributed by atoms with Crippen LogP contribution < -0.4 is 0 Å². The molecule has 0 saturated carbocycles. The Kier molecular flexibility index (Phi) is 4.44. The highest BCUT2D eigenvalue weighted by atomic mass is 32.1. The minimum Gasteiger partial charge on any atom is -0.481 e. The molecule has 0 atom stereocenters. The summed E-state index contributed by atoms with van der Waals surface area (Å²) < 4.78 is 4.96. The first-order valence-corrected chi connectivity index (χ1v) is 6.03. The molecule has 0 aliphatic rings. The maximum Gasteiger partial charge on any atom is 0.315 e. The number of aliphatic carboxylic acids is 1. The average Bonchev–Trinajstić information content (AvgIpc) is 2.67. The van der Waals surface area contributed by atoms with Crippen LogP contribution >= 0.6 is 11.3 Å². The number of thiazole rings is 1. The van der Waals surface area contributed by atoms with Crippen LogP contribution in [0.5, 0.6) is 0 Å². The van der Waals surface area contributed by atoms with Crippen molar-refractivity contribution in [2.75, 3.05) is 13.7 Å². The predicted octanol–water partition coefficient (Wildman–Crippen LogP) is 2.08. The second-order valence-electron chi connectivity index (χ2n) is 4.15. The summed E-state index contributed by atoms with van der Waals surface area (Å²) in [4.78, 5) is 15.4. The Morgan fingerprint density at radius 1 is 1.62 bits per heavy atom. The van der Waals surface area contributed by atoms with E-state index >= 15 is 0 Å². The van der Waals surface area contributed by atoms with Gasteiger partial charge in [0.15, 0.2) is 0 Å². The first-order chi connectivity index (χ1) is 7.48. The minimum absolute atomic E-state index is 0.636. The van der Waals surface area contributed by atoms with Gasteiger partial charge in [-0.2, -0.15) is 0 Å². The van der Waals surface area contributed by atoms with E-state index in [0.717, 1.165) is 17.8 Å². The van der Waals surface area contributed by atoms with Crippen LogP contribution in [0.3, 0.4) is 0 Å². The number of methoxy groups -OCH3 is 1. The number of aryl methyl sites for hydroxylation is 1. The van der Waals surface area contributed by atoms with Gasteiger partial charge in [0, 0.05) is 25.5 Å². The molecule has 5 heteroatoms. The number of ether oxygens (including phenoxy) is 1. The molecule has 0 aromatic carbocycles. The van der Waals surface area contributed by atoms with Crippen molar-refractivity contribution < 1.29 is 14.6 Å². The van der Waals surface area contributed by atoms with Crippen LogP contribution in [0, 0.1) is 0 Å². The van der Waals surface area contributed by atoms with Crippen molar-refractivity contribution in [1.29, 1.82) is 0 Å². The zero-order chi connectivity index (χ0) is 12.2. The van der Waals surface area contributed by atoms with Gasteiger partial charge < -0.3 is 9.84 Å². The predicted molar refractivity (Wildman–Crippen MR) is 63.0 cm³/mol. The number of carboxylic acid groups (broad SMARTS) is 1. The third-order valence-corrected chi connectivity index (χ3v) is 3.37. The van der Waals surface area contributed by atoms with Crippen LogP contribution in [-0.4, -0.2) is 29.8 Å². The summed E-state index contributed by atoms with van der Waals surface area (Å²) in [6, 6.07) is 0. The Balaban J connectivity index is 2.67. The molecule has 0 saturated heterocycles. The van der Waals surface area contributed by atoms with Gasteiger partial charge in [-0.1, -0.05) is 0 Å². The normalized spacial score (nSPS) is 11.7. The summed E-state index contributed by atoms with van der Waals surface area (Å²) in [5.41, 5.74) is -0.270. The smallest absolute Gasteiger partial charge is 0.315 e.